The van der Waals surface area contributed by atoms with Gasteiger partial charge in [0.1, 0.15) is 0 Å². The van der Waals surface area contributed by atoms with Crippen molar-refractivity contribution in [1.29, 1.82) is 0 Å². The quantitative estimate of drug-likeness (QED) is 0.409. The third-order valence-electron chi connectivity index (χ3n) is 1.26. The van der Waals surface area contributed by atoms with Gasteiger partial charge in [-0.25, -0.2) is 0 Å². The Labute approximate surface area is 76.0 Å². The van der Waals surface area contributed by atoms with E-state index in [-0.39, 0.29) is 9.96 Å². The van der Waals surface area contributed by atoms with Gasteiger partial charge in [-0.05, 0) is 6.42 Å². The molecule has 1 aliphatic rings. The number of hydrogen-bond acceptors (Lipinski definition) is 1. The van der Waals surface area contributed by atoms with Gasteiger partial charge >= 0.3 is 0 Å². The fraction of sp³-hybridized carbons (Fsp3) is 0.800. The van der Waals surface area contributed by atoms with Crippen molar-refractivity contribution in [2.24, 2.45) is 0 Å². The Morgan fingerprint density at radius 3 is 2.89 bits per heavy atom. The molecule has 2 atom stereocenters. The summed E-state index contributed by atoms with van der Waals surface area (Å²) in [7, 11) is 0. The molecule has 0 bridgehead atoms. The molecule has 1 N–H and O–H groups in total. The van der Waals surface area contributed by atoms with E-state index in [1.54, 1.807) is 0 Å². The molecule has 0 saturated carbocycles. The van der Waals surface area contributed by atoms with Crippen molar-refractivity contribution in [2.45, 2.75) is 21.7 Å². The van der Waals surface area contributed by atoms with Gasteiger partial charge in [0, 0.05) is 11.2 Å². The molecule has 52 valence electrons. The van der Waals surface area contributed by atoms with Gasteiger partial charge in [-0.1, -0.05) is 38.5 Å². The Hall–Kier alpha value is 0.680. The summed E-state index contributed by atoms with van der Waals surface area (Å²) < 4.78 is 0.267. The van der Waals surface area contributed by atoms with Gasteiger partial charge in [-0.3, -0.25) is 4.79 Å². The van der Waals surface area contributed by atoms with Gasteiger partial charge < -0.3 is 5.32 Å². The molecule has 1 rings (SSSR count). The molecule has 1 fully saturated rings. The lowest BCUT2D eigenvalue weighted by Gasteiger charge is -2.22. The lowest BCUT2D eigenvalue weighted by Crippen LogP contribution is -2.41. The minimum Gasteiger partial charge on any atom is -0.343 e. The molecule has 0 aromatic heterocycles. The zero-order valence-corrected chi connectivity index (χ0v) is 8.48. The van der Waals surface area contributed by atoms with Crippen molar-refractivity contribution < 1.29 is 4.79 Å². The minimum atomic E-state index is 0.171. The number of amides is 1. The number of carbonyl (C=O) groups is 1. The number of hydrogen-bond donors (Lipinski definition) is 1. The maximum absolute atomic E-state index is 10.7. The standard InChI is InChI=1S/C5H7BrINO/c6-3-1-2-4(9)8-5(3)7/h3,5H,1-2H2,(H,8,9). The lowest BCUT2D eigenvalue weighted by atomic mass is 10.2. The van der Waals surface area contributed by atoms with Crippen LogP contribution in [0.25, 0.3) is 0 Å². The molecule has 2 nitrogen and oxygen atoms in total. The molecule has 0 radical (unpaired) electrons. The van der Waals surface area contributed by atoms with E-state index in [2.05, 4.69) is 43.8 Å². The Morgan fingerprint density at radius 1 is 1.78 bits per heavy atom. The number of alkyl halides is 2. The van der Waals surface area contributed by atoms with Crippen molar-refractivity contribution in [3.05, 3.63) is 0 Å². The average Bonchev–Trinajstić information content (AvgIpc) is 1.80. The van der Waals surface area contributed by atoms with Crippen molar-refractivity contribution in [3.63, 3.8) is 0 Å². The van der Waals surface area contributed by atoms with E-state index in [0.29, 0.717) is 11.2 Å². The van der Waals surface area contributed by atoms with Gasteiger partial charge in [0.15, 0.2) is 0 Å². The Kier molecular flexibility index (Phi) is 2.75. The van der Waals surface area contributed by atoms with Crippen LogP contribution in [0, 0.1) is 0 Å². The molecule has 1 saturated heterocycles. The fourth-order valence-electron chi connectivity index (χ4n) is 0.732. The molecule has 4 heteroatoms. The molecule has 1 heterocycles. The summed E-state index contributed by atoms with van der Waals surface area (Å²) in [6, 6.07) is 0. The largest absolute Gasteiger partial charge is 0.343 e. The van der Waals surface area contributed by atoms with Gasteiger partial charge in [0.2, 0.25) is 5.91 Å². The van der Waals surface area contributed by atoms with Crippen molar-refractivity contribution in [1.82, 2.24) is 5.32 Å². The van der Waals surface area contributed by atoms with E-state index >= 15 is 0 Å². The van der Waals surface area contributed by atoms with E-state index in [1.165, 1.54) is 0 Å². The topological polar surface area (TPSA) is 29.1 Å². The molecular weight excluding hydrogens is 297 g/mol. The Morgan fingerprint density at radius 2 is 2.44 bits per heavy atom. The van der Waals surface area contributed by atoms with E-state index in [9.17, 15) is 4.79 Å². The van der Waals surface area contributed by atoms with Crippen molar-refractivity contribution in [2.75, 3.05) is 0 Å². The number of nitrogens with one attached hydrogen (secondary N) is 1. The molecule has 1 aliphatic heterocycles. The van der Waals surface area contributed by atoms with Crippen LogP contribution in [0.3, 0.4) is 0 Å². The first-order valence-electron chi connectivity index (χ1n) is 2.77. The second kappa shape index (κ2) is 3.18. The monoisotopic (exact) mass is 303 g/mol. The molecule has 0 aliphatic carbocycles. The number of piperidine rings is 1. The van der Waals surface area contributed by atoms with Crippen molar-refractivity contribution in [3.8, 4) is 0 Å². The summed E-state index contributed by atoms with van der Waals surface area (Å²) in [4.78, 5) is 11.1. The summed E-state index contributed by atoms with van der Waals surface area (Å²) in [5.74, 6) is 0.171. The highest BCUT2D eigenvalue weighted by atomic mass is 127. The molecule has 2 unspecified atom stereocenters. The van der Waals surface area contributed by atoms with Gasteiger partial charge in [-0.15, -0.1) is 0 Å². The SMILES string of the molecule is O=C1CCC(Br)C(I)N1. The molecule has 0 spiro atoms. The van der Waals surface area contributed by atoms with Crippen molar-refractivity contribution >= 4 is 44.4 Å². The van der Waals surface area contributed by atoms with Crippen LogP contribution >= 0.6 is 38.5 Å². The van der Waals surface area contributed by atoms with Crippen LogP contribution in [0.1, 0.15) is 12.8 Å². The molecule has 0 aromatic rings. The lowest BCUT2D eigenvalue weighted by molar-refractivity contribution is -0.122. The minimum absolute atomic E-state index is 0.171. The average molecular weight is 304 g/mol. The predicted molar refractivity (Wildman–Crippen MR) is 47.9 cm³/mol. The summed E-state index contributed by atoms with van der Waals surface area (Å²) in [5.41, 5.74) is 0. The van der Waals surface area contributed by atoms with Crippen LogP contribution in [0.4, 0.5) is 0 Å². The predicted octanol–water partition coefficient (Wildman–Crippen LogP) is 1.42. The number of carbonyl (C=O) groups excluding carboxylic acids is 1. The van der Waals surface area contributed by atoms with Gasteiger partial charge in [0.25, 0.3) is 0 Å². The van der Waals surface area contributed by atoms with Crippen LogP contribution in [0.5, 0.6) is 0 Å². The van der Waals surface area contributed by atoms with E-state index in [1.807, 2.05) is 0 Å². The summed E-state index contributed by atoms with van der Waals surface area (Å²) in [5, 5.41) is 2.83. The Balaban J connectivity index is 2.44. The third-order valence-corrected chi connectivity index (χ3v) is 4.42. The number of halogens is 2. The van der Waals surface area contributed by atoms with Crippen LogP contribution in [-0.4, -0.2) is 14.8 Å². The first-order valence-corrected chi connectivity index (χ1v) is 4.94. The summed E-state index contributed by atoms with van der Waals surface area (Å²) in [6.07, 6.45) is 1.62. The molecule has 1 amide bonds. The fourth-order valence-corrected chi connectivity index (χ4v) is 1.80. The third kappa shape index (κ3) is 2.07. The van der Waals surface area contributed by atoms with Crippen LogP contribution < -0.4 is 5.32 Å². The van der Waals surface area contributed by atoms with Crippen LogP contribution in [0.2, 0.25) is 0 Å². The Bertz CT molecular complexity index is 130. The summed E-state index contributed by atoms with van der Waals surface area (Å²) >= 11 is 5.68. The maximum atomic E-state index is 10.7. The van der Waals surface area contributed by atoms with E-state index in [4.69, 9.17) is 0 Å². The zero-order chi connectivity index (χ0) is 6.85. The second-order valence-corrected chi connectivity index (χ2v) is 4.54. The maximum Gasteiger partial charge on any atom is 0.220 e. The van der Waals surface area contributed by atoms with Crippen LogP contribution in [0.15, 0.2) is 0 Å². The van der Waals surface area contributed by atoms with Gasteiger partial charge in [-0.2, -0.15) is 0 Å². The van der Waals surface area contributed by atoms with Crippen LogP contribution in [-0.2, 0) is 4.79 Å². The molecular formula is C5H7BrINO. The number of rotatable bonds is 0. The smallest absolute Gasteiger partial charge is 0.220 e. The first-order chi connectivity index (χ1) is 4.20. The highest BCUT2D eigenvalue weighted by molar-refractivity contribution is 14.1. The zero-order valence-electron chi connectivity index (χ0n) is 4.73. The molecule has 9 heavy (non-hydrogen) atoms. The molecule has 0 aromatic carbocycles. The second-order valence-electron chi connectivity index (χ2n) is 2.02. The first kappa shape index (κ1) is 7.78. The highest BCUT2D eigenvalue weighted by Gasteiger charge is 2.23. The highest BCUT2D eigenvalue weighted by Crippen LogP contribution is 2.21. The normalized spacial score (nSPS) is 36.0. The van der Waals surface area contributed by atoms with E-state index < -0.39 is 0 Å². The van der Waals surface area contributed by atoms with Gasteiger partial charge in [0.05, 0.1) is 4.05 Å². The summed E-state index contributed by atoms with van der Waals surface area (Å²) in [6.45, 7) is 0. The van der Waals surface area contributed by atoms with E-state index in [0.717, 1.165) is 6.42 Å².